The van der Waals surface area contributed by atoms with Gasteiger partial charge in [0, 0.05) is 12.1 Å². The zero-order chi connectivity index (χ0) is 15.1. The minimum absolute atomic E-state index is 0.760. The standard InChI is InChI=1S/C18H37N3/c1-15(2)16-5-7-18(8-6-16)20-11-4-12-21-13-9-17(19-3)10-14-21/h15-20H,4-14H2,1-3H3. The highest BCUT2D eigenvalue weighted by Crippen LogP contribution is 2.29. The molecule has 0 spiro atoms. The largest absolute Gasteiger partial charge is 0.317 e. The van der Waals surface area contributed by atoms with Crippen molar-refractivity contribution in [1.82, 2.24) is 15.5 Å². The van der Waals surface area contributed by atoms with Gasteiger partial charge in [0.15, 0.2) is 0 Å². The van der Waals surface area contributed by atoms with E-state index in [4.69, 9.17) is 0 Å². The summed E-state index contributed by atoms with van der Waals surface area (Å²) in [6, 6.07) is 1.56. The first-order chi connectivity index (χ1) is 10.2. The van der Waals surface area contributed by atoms with E-state index in [1.165, 1.54) is 71.1 Å². The van der Waals surface area contributed by atoms with E-state index >= 15 is 0 Å². The molecule has 1 saturated heterocycles. The first kappa shape index (κ1) is 17.2. The van der Waals surface area contributed by atoms with Crippen molar-refractivity contribution in [2.45, 2.75) is 70.9 Å². The highest BCUT2D eigenvalue weighted by molar-refractivity contribution is 4.79. The van der Waals surface area contributed by atoms with Crippen molar-refractivity contribution in [2.24, 2.45) is 11.8 Å². The van der Waals surface area contributed by atoms with Crippen LogP contribution in [0.2, 0.25) is 0 Å². The van der Waals surface area contributed by atoms with Crippen LogP contribution in [0, 0.1) is 11.8 Å². The summed E-state index contributed by atoms with van der Waals surface area (Å²) in [5.74, 6) is 1.86. The molecule has 0 unspecified atom stereocenters. The molecule has 1 aliphatic heterocycles. The number of hydrogen-bond acceptors (Lipinski definition) is 3. The Hall–Kier alpha value is -0.120. The van der Waals surface area contributed by atoms with Gasteiger partial charge in [-0.2, -0.15) is 0 Å². The van der Waals surface area contributed by atoms with Gasteiger partial charge in [0.05, 0.1) is 0 Å². The predicted molar refractivity (Wildman–Crippen MR) is 91.7 cm³/mol. The van der Waals surface area contributed by atoms with Gasteiger partial charge in [-0.05, 0) is 90.0 Å². The third-order valence-corrected chi connectivity index (χ3v) is 5.79. The Balaban J connectivity index is 1.49. The molecule has 0 radical (unpaired) electrons. The zero-order valence-electron chi connectivity index (χ0n) is 14.5. The lowest BCUT2D eigenvalue weighted by atomic mass is 9.80. The molecule has 2 fully saturated rings. The molecule has 124 valence electrons. The summed E-state index contributed by atoms with van der Waals surface area (Å²) in [5, 5.41) is 7.21. The van der Waals surface area contributed by atoms with Crippen LogP contribution in [0.5, 0.6) is 0 Å². The second-order valence-electron chi connectivity index (χ2n) is 7.57. The fourth-order valence-electron chi connectivity index (χ4n) is 4.04. The molecule has 1 aliphatic carbocycles. The van der Waals surface area contributed by atoms with Gasteiger partial charge in [-0.25, -0.2) is 0 Å². The van der Waals surface area contributed by atoms with Crippen LogP contribution >= 0.6 is 0 Å². The minimum Gasteiger partial charge on any atom is -0.317 e. The van der Waals surface area contributed by atoms with Gasteiger partial charge in [0.25, 0.3) is 0 Å². The second-order valence-corrected chi connectivity index (χ2v) is 7.57. The normalized spacial score (nSPS) is 29.1. The van der Waals surface area contributed by atoms with E-state index in [0.29, 0.717) is 0 Å². The average molecular weight is 296 g/mol. The van der Waals surface area contributed by atoms with Gasteiger partial charge in [0.1, 0.15) is 0 Å². The molecule has 1 heterocycles. The maximum Gasteiger partial charge on any atom is 0.00884 e. The van der Waals surface area contributed by atoms with Gasteiger partial charge in [0.2, 0.25) is 0 Å². The van der Waals surface area contributed by atoms with Crippen molar-refractivity contribution < 1.29 is 0 Å². The Morgan fingerprint density at radius 3 is 2.19 bits per heavy atom. The molecule has 3 nitrogen and oxygen atoms in total. The third kappa shape index (κ3) is 5.88. The molecule has 3 heteroatoms. The van der Waals surface area contributed by atoms with E-state index in [-0.39, 0.29) is 0 Å². The number of hydrogen-bond donors (Lipinski definition) is 2. The maximum absolute atomic E-state index is 3.80. The zero-order valence-corrected chi connectivity index (χ0v) is 14.5. The van der Waals surface area contributed by atoms with E-state index in [1.54, 1.807) is 0 Å². The Kier molecular flexibility index (Phi) is 7.48. The van der Waals surface area contributed by atoms with Crippen LogP contribution in [0.3, 0.4) is 0 Å². The Morgan fingerprint density at radius 2 is 1.62 bits per heavy atom. The van der Waals surface area contributed by atoms with E-state index in [9.17, 15) is 0 Å². The molecule has 0 aromatic heterocycles. The molecule has 0 atom stereocenters. The summed E-state index contributed by atoms with van der Waals surface area (Å²) in [7, 11) is 2.10. The van der Waals surface area contributed by atoms with Gasteiger partial charge in [-0.3, -0.25) is 0 Å². The molecular weight excluding hydrogens is 258 g/mol. The van der Waals surface area contributed by atoms with E-state index in [0.717, 1.165) is 23.9 Å². The van der Waals surface area contributed by atoms with Crippen molar-refractivity contribution in [1.29, 1.82) is 0 Å². The summed E-state index contributed by atoms with van der Waals surface area (Å²) in [6.45, 7) is 9.83. The van der Waals surface area contributed by atoms with Crippen molar-refractivity contribution in [3.8, 4) is 0 Å². The summed E-state index contributed by atoms with van der Waals surface area (Å²) in [6.07, 6.45) is 9.63. The lowest BCUT2D eigenvalue weighted by Crippen LogP contribution is -2.42. The van der Waals surface area contributed by atoms with E-state index in [2.05, 4.69) is 36.4 Å². The molecular formula is C18H37N3. The minimum atomic E-state index is 0.760. The Labute approximate surface area is 132 Å². The van der Waals surface area contributed by atoms with Gasteiger partial charge >= 0.3 is 0 Å². The van der Waals surface area contributed by atoms with Gasteiger partial charge in [-0.15, -0.1) is 0 Å². The van der Waals surface area contributed by atoms with Crippen LogP contribution in [-0.4, -0.2) is 50.2 Å². The molecule has 0 bridgehead atoms. The number of piperidine rings is 1. The average Bonchev–Trinajstić information content (AvgIpc) is 2.52. The van der Waals surface area contributed by atoms with Crippen molar-refractivity contribution in [3.63, 3.8) is 0 Å². The molecule has 0 aromatic carbocycles. The quantitative estimate of drug-likeness (QED) is 0.707. The fourth-order valence-corrected chi connectivity index (χ4v) is 4.04. The molecule has 2 aliphatic rings. The van der Waals surface area contributed by atoms with E-state index < -0.39 is 0 Å². The Morgan fingerprint density at radius 1 is 0.952 bits per heavy atom. The summed E-state index contributed by atoms with van der Waals surface area (Å²) < 4.78 is 0. The molecule has 2 rings (SSSR count). The number of nitrogens with one attached hydrogen (secondary N) is 2. The summed E-state index contributed by atoms with van der Waals surface area (Å²) >= 11 is 0. The van der Waals surface area contributed by atoms with Crippen LogP contribution in [0.15, 0.2) is 0 Å². The van der Waals surface area contributed by atoms with Crippen LogP contribution in [0.1, 0.15) is 58.8 Å². The van der Waals surface area contributed by atoms with Crippen LogP contribution in [0.4, 0.5) is 0 Å². The third-order valence-electron chi connectivity index (χ3n) is 5.79. The van der Waals surface area contributed by atoms with Crippen LogP contribution in [0.25, 0.3) is 0 Å². The predicted octanol–water partition coefficient (Wildman–Crippen LogP) is 2.86. The van der Waals surface area contributed by atoms with Gasteiger partial charge in [-0.1, -0.05) is 13.8 Å². The van der Waals surface area contributed by atoms with Crippen LogP contribution < -0.4 is 10.6 Å². The SMILES string of the molecule is CNC1CCN(CCCNC2CCC(C(C)C)CC2)CC1. The first-order valence-corrected chi connectivity index (χ1v) is 9.32. The van der Waals surface area contributed by atoms with Crippen molar-refractivity contribution in [2.75, 3.05) is 33.2 Å². The highest BCUT2D eigenvalue weighted by Gasteiger charge is 2.22. The fraction of sp³-hybridized carbons (Fsp3) is 1.00. The second kappa shape index (κ2) is 9.12. The smallest absolute Gasteiger partial charge is 0.00884 e. The molecule has 0 amide bonds. The summed E-state index contributed by atoms with van der Waals surface area (Å²) in [4.78, 5) is 2.64. The molecule has 2 N–H and O–H groups in total. The lowest BCUT2D eigenvalue weighted by molar-refractivity contribution is 0.195. The highest BCUT2D eigenvalue weighted by atomic mass is 15.1. The van der Waals surface area contributed by atoms with E-state index in [1.807, 2.05) is 0 Å². The molecule has 0 aromatic rings. The maximum atomic E-state index is 3.80. The first-order valence-electron chi connectivity index (χ1n) is 9.32. The number of rotatable bonds is 7. The molecule has 21 heavy (non-hydrogen) atoms. The number of nitrogens with zero attached hydrogens (tertiary/aromatic N) is 1. The topological polar surface area (TPSA) is 27.3 Å². The summed E-state index contributed by atoms with van der Waals surface area (Å²) in [5.41, 5.74) is 0. The van der Waals surface area contributed by atoms with Crippen LogP contribution in [-0.2, 0) is 0 Å². The van der Waals surface area contributed by atoms with Gasteiger partial charge < -0.3 is 15.5 Å². The Bertz CT molecular complexity index is 264. The number of likely N-dealkylation sites (tertiary alicyclic amines) is 1. The van der Waals surface area contributed by atoms with Crippen molar-refractivity contribution >= 4 is 0 Å². The lowest BCUT2D eigenvalue weighted by Gasteiger charge is -2.33. The molecule has 1 saturated carbocycles. The monoisotopic (exact) mass is 295 g/mol. The van der Waals surface area contributed by atoms with Crippen molar-refractivity contribution in [3.05, 3.63) is 0 Å².